The number of methoxy groups -OCH3 is 1. The summed E-state index contributed by atoms with van der Waals surface area (Å²) in [6.45, 7) is 3.10. The fourth-order valence-corrected chi connectivity index (χ4v) is 3.82. The minimum Gasteiger partial charge on any atom is -0.373 e. The third kappa shape index (κ3) is 2.80. The number of nitrogens with zero attached hydrogens (tertiary/aromatic N) is 1. The van der Waals surface area contributed by atoms with E-state index in [-0.39, 0.29) is 0 Å². The minimum absolute atomic E-state index is 0.296. The van der Waals surface area contributed by atoms with Crippen LogP contribution in [0.2, 0.25) is 0 Å². The third-order valence-corrected chi connectivity index (χ3v) is 4.78. The van der Waals surface area contributed by atoms with Crippen LogP contribution in [0.5, 0.6) is 0 Å². The molecule has 1 heterocycles. The quantitative estimate of drug-likeness (QED) is 0.865. The van der Waals surface area contributed by atoms with Crippen LogP contribution < -0.4 is 11.1 Å². The zero-order valence-corrected chi connectivity index (χ0v) is 13.1. The van der Waals surface area contributed by atoms with Gasteiger partial charge in [0.2, 0.25) is 0 Å². The highest BCUT2D eigenvalue weighted by molar-refractivity contribution is 5.90. The number of carbonyl (C=O) groups excluding carboxylic acids is 1. The number of carbonyl (C=O) groups is 1. The molecule has 1 fully saturated rings. The van der Waals surface area contributed by atoms with Gasteiger partial charge in [0.25, 0.3) is 5.91 Å². The van der Waals surface area contributed by atoms with Gasteiger partial charge in [0.1, 0.15) is 5.69 Å². The highest BCUT2D eigenvalue weighted by atomic mass is 16.5. The molecule has 0 saturated heterocycles. The number of aromatic nitrogens is 1. The molecule has 2 rings (SSSR count). The largest absolute Gasteiger partial charge is 0.373 e. The van der Waals surface area contributed by atoms with Gasteiger partial charge in [-0.1, -0.05) is 13.3 Å². The van der Waals surface area contributed by atoms with E-state index < -0.39 is 11.5 Å². The van der Waals surface area contributed by atoms with E-state index in [9.17, 15) is 4.79 Å². The Kier molecular flexibility index (Phi) is 4.96. The molecule has 1 aromatic rings. The molecule has 1 aliphatic rings. The van der Waals surface area contributed by atoms with Gasteiger partial charge in [-0.25, -0.2) is 0 Å². The third-order valence-electron chi connectivity index (χ3n) is 4.78. The number of rotatable bonds is 5. The molecule has 0 radical (unpaired) electrons. The Morgan fingerprint density at radius 2 is 2.33 bits per heavy atom. The SMILES string of the molecule is CNCC1CCCC(C)C1(OC)c1ccnc(C(N)=O)c1. The Balaban J connectivity index is 2.50. The van der Waals surface area contributed by atoms with E-state index in [1.165, 1.54) is 6.42 Å². The van der Waals surface area contributed by atoms with Gasteiger partial charge in [-0.2, -0.15) is 0 Å². The van der Waals surface area contributed by atoms with Gasteiger partial charge in [0.05, 0.1) is 5.60 Å². The van der Waals surface area contributed by atoms with Crippen molar-refractivity contribution < 1.29 is 9.53 Å². The maximum atomic E-state index is 11.4. The van der Waals surface area contributed by atoms with Gasteiger partial charge in [-0.05, 0) is 43.5 Å². The molecule has 1 saturated carbocycles. The number of hydrogen-bond donors (Lipinski definition) is 2. The summed E-state index contributed by atoms with van der Waals surface area (Å²) in [5.74, 6) is 0.230. The monoisotopic (exact) mass is 291 g/mol. The van der Waals surface area contributed by atoms with Gasteiger partial charge in [-0.15, -0.1) is 0 Å². The van der Waals surface area contributed by atoms with Crippen LogP contribution in [0.1, 0.15) is 42.2 Å². The summed E-state index contributed by atoms with van der Waals surface area (Å²) in [5.41, 5.74) is 6.27. The van der Waals surface area contributed by atoms with E-state index >= 15 is 0 Å². The van der Waals surface area contributed by atoms with Crippen LogP contribution in [0.15, 0.2) is 18.3 Å². The standard InChI is InChI=1S/C16H25N3O2/c1-11-5-4-6-13(10-18-2)16(11,21-3)12-7-8-19-14(9-12)15(17)20/h7-9,11,13,18H,4-6,10H2,1-3H3,(H2,17,20). The highest BCUT2D eigenvalue weighted by Crippen LogP contribution is 2.47. The van der Waals surface area contributed by atoms with Crippen molar-refractivity contribution in [1.82, 2.24) is 10.3 Å². The topological polar surface area (TPSA) is 77.2 Å². The molecule has 3 atom stereocenters. The van der Waals surface area contributed by atoms with Crippen LogP contribution in [-0.2, 0) is 10.3 Å². The maximum Gasteiger partial charge on any atom is 0.267 e. The number of primary amides is 1. The summed E-state index contributed by atoms with van der Waals surface area (Å²) >= 11 is 0. The first-order valence-electron chi connectivity index (χ1n) is 7.52. The first-order chi connectivity index (χ1) is 10.1. The van der Waals surface area contributed by atoms with Gasteiger partial charge < -0.3 is 15.8 Å². The van der Waals surface area contributed by atoms with Crippen LogP contribution in [0.25, 0.3) is 0 Å². The molecule has 1 amide bonds. The Hall–Kier alpha value is -1.46. The lowest BCUT2D eigenvalue weighted by molar-refractivity contribution is -0.125. The lowest BCUT2D eigenvalue weighted by Crippen LogP contribution is -2.49. The molecule has 0 bridgehead atoms. The highest BCUT2D eigenvalue weighted by Gasteiger charge is 2.47. The van der Waals surface area contributed by atoms with Crippen molar-refractivity contribution >= 4 is 5.91 Å². The van der Waals surface area contributed by atoms with Crippen molar-refractivity contribution in [2.45, 2.75) is 31.8 Å². The number of ether oxygens (including phenoxy) is 1. The normalized spacial score (nSPS) is 29.3. The fourth-order valence-electron chi connectivity index (χ4n) is 3.82. The summed E-state index contributed by atoms with van der Waals surface area (Å²) in [5, 5.41) is 3.27. The van der Waals surface area contributed by atoms with E-state index in [0.717, 1.165) is 24.9 Å². The second kappa shape index (κ2) is 6.54. The molecular weight excluding hydrogens is 266 g/mol. The summed E-state index contributed by atoms with van der Waals surface area (Å²) in [7, 11) is 3.72. The molecule has 3 N–H and O–H groups in total. The zero-order chi connectivity index (χ0) is 15.5. The molecule has 1 aliphatic carbocycles. The number of amides is 1. The number of pyridine rings is 1. The molecule has 0 aliphatic heterocycles. The predicted octanol–water partition coefficient (Wildman–Crippen LogP) is 1.68. The number of hydrogen-bond acceptors (Lipinski definition) is 4. The smallest absolute Gasteiger partial charge is 0.267 e. The van der Waals surface area contributed by atoms with E-state index in [0.29, 0.717) is 17.5 Å². The summed E-state index contributed by atoms with van der Waals surface area (Å²) in [6, 6.07) is 3.73. The van der Waals surface area contributed by atoms with Crippen LogP contribution >= 0.6 is 0 Å². The molecule has 1 aromatic heterocycles. The molecular formula is C16H25N3O2. The van der Waals surface area contributed by atoms with Gasteiger partial charge in [0, 0.05) is 25.8 Å². The van der Waals surface area contributed by atoms with E-state index in [1.807, 2.05) is 13.1 Å². The molecule has 3 unspecified atom stereocenters. The summed E-state index contributed by atoms with van der Waals surface area (Å²) in [6.07, 6.45) is 5.07. The van der Waals surface area contributed by atoms with Crippen molar-refractivity contribution in [3.8, 4) is 0 Å². The lowest BCUT2D eigenvalue weighted by atomic mass is 9.65. The van der Waals surface area contributed by atoms with Crippen LogP contribution in [0, 0.1) is 11.8 Å². The van der Waals surface area contributed by atoms with Gasteiger partial charge >= 0.3 is 0 Å². The molecule has 116 valence electrons. The van der Waals surface area contributed by atoms with E-state index in [4.69, 9.17) is 10.5 Å². The van der Waals surface area contributed by atoms with Gasteiger partial charge in [-0.3, -0.25) is 9.78 Å². The summed E-state index contributed by atoms with van der Waals surface area (Å²) < 4.78 is 6.06. The Bertz CT molecular complexity index is 504. The van der Waals surface area contributed by atoms with Crippen molar-refractivity contribution in [3.63, 3.8) is 0 Å². The Labute approximate surface area is 126 Å². The van der Waals surface area contributed by atoms with Crippen molar-refractivity contribution in [2.75, 3.05) is 20.7 Å². The summed E-state index contributed by atoms with van der Waals surface area (Å²) in [4.78, 5) is 15.5. The van der Waals surface area contributed by atoms with Crippen LogP contribution in [-0.4, -0.2) is 31.6 Å². The Morgan fingerprint density at radius 1 is 1.57 bits per heavy atom. The van der Waals surface area contributed by atoms with Crippen molar-refractivity contribution in [3.05, 3.63) is 29.6 Å². The van der Waals surface area contributed by atoms with E-state index in [2.05, 4.69) is 17.2 Å². The molecule has 0 aromatic carbocycles. The molecule has 21 heavy (non-hydrogen) atoms. The average Bonchev–Trinajstić information content (AvgIpc) is 2.48. The lowest BCUT2D eigenvalue weighted by Gasteiger charge is -2.48. The minimum atomic E-state index is -0.503. The second-order valence-electron chi connectivity index (χ2n) is 5.88. The maximum absolute atomic E-state index is 11.4. The van der Waals surface area contributed by atoms with Crippen LogP contribution in [0.3, 0.4) is 0 Å². The fraction of sp³-hybridized carbons (Fsp3) is 0.625. The average molecular weight is 291 g/mol. The number of nitrogens with one attached hydrogen (secondary N) is 1. The molecule has 0 spiro atoms. The van der Waals surface area contributed by atoms with Gasteiger partial charge in [0.15, 0.2) is 0 Å². The predicted molar refractivity (Wildman–Crippen MR) is 81.9 cm³/mol. The van der Waals surface area contributed by atoms with E-state index in [1.54, 1.807) is 19.4 Å². The second-order valence-corrected chi connectivity index (χ2v) is 5.88. The molecule has 5 heteroatoms. The molecule has 5 nitrogen and oxygen atoms in total. The first kappa shape index (κ1) is 15.9. The zero-order valence-electron chi connectivity index (χ0n) is 13.1. The Morgan fingerprint density at radius 3 is 2.95 bits per heavy atom. The van der Waals surface area contributed by atoms with Crippen molar-refractivity contribution in [2.24, 2.45) is 17.6 Å². The van der Waals surface area contributed by atoms with Crippen LogP contribution in [0.4, 0.5) is 0 Å². The number of nitrogens with two attached hydrogens (primary N) is 1. The first-order valence-corrected chi connectivity index (χ1v) is 7.52. The van der Waals surface area contributed by atoms with Crippen molar-refractivity contribution in [1.29, 1.82) is 0 Å².